The molecule has 2 unspecified atom stereocenters. The Bertz CT molecular complexity index is 1100. The minimum absolute atomic E-state index is 0.103. The number of hydrogen-bond donors (Lipinski definition) is 0. The third-order valence-corrected chi connectivity index (χ3v) is 6.69. The molecule has 2 bridgehead atoms. The van der Waals surface area contributed by atoms with Gasteiger partial charge in [0.15, 0.2) is 5.65 Å². The molecule has 2 aliphatic rings. The Morgan fingerprint density at radius 2 is 2.07 bits per heavy atom. The van der Waals surface area contributed by atoms with Gasteiger partial charge in [-0.05, 0) is 33.6 Å². The van der Waals surface area contributed by atoms with Gasteiger partial charge in [-0.3, -0.25) is 9.48 Å². The average molecular weight is 399 g/mol. The largest absolute Gasteiger partial charge is 0.332 e. The second-order valence-corrected chi connectivity index (χ2v) is 8.30. The van der Waals surface area contributed by atoms with Crippen molar-refractivity contribution in [1.29, 1.82) is 0 Å². The smallest absolute Gasteiger partial charge is 0.225 e. The molecule has 2 atom stereocenters. The molecule has 5 heterocycles. The third-order valence-electron chi connectivity index (χ3n) is 6.15. The number of hydrogen-bond acceptors (Lipinski definition) is 4. The Hall–Kier alpha value is -2.41. The van der Waals surface area contributed by atoms with E-state index < -0.39 is 0 Å². The topological polar surface area (TPSA) is 68.3 Å². The molecule has 8 heteroatoms. The van der Waals surface area contributed by atoms with Crippen molar-refractivity contribution in [3.8, 4) is 0 Å². The summed E-state index contributed by atoms with van der Waals surface area (Å²) in [5.74, 6) is 0.179. The molecular weight excluding hydrogens is 376 g/mol. The molecule has 0 radical (unpaired) electrons. The van der Waals surface area contributed by atoms with Gasteiger partial charge in [0.2, 0.25) is 5.91 Å². The van der Waals surface area contributed by atoms with Gasteiger partial charge in [-0.1, -0.05) is 11.6 Å². The predicted molar refractivity (Wildman–Crippen MR) is 105 cm³/mol. The van der Waals surface area contributed by atoms with Crippen molar-refractivity contribution >= 4 is 23.2 Å². The van der Waals surface area contributed by atoms with Crippen LogP contribution in [0.3, 0.4) is 0 Å². The molecule has 2 aliphatic heterocycles. The first kappa shape index (κ1) is 17.7. The molecule has 1 saturated heterocycles. The van der Waals surface area contributed by atoms with Gasteiger partial charge in [0.05, 0.1) is 40.4 Å². The average Bonchev–Trinajstić information content (AvgIpc) is 3.29. The van der Waals surface area contributed by atoms with Crippen molar-refractivity contribution in [2.24, 2.45) is 0 Å². The Morgan fingerprint density at radius 3 is 2.82 bits per heavy atom. The van der Waals surface area contributed by atoms with Crippen LogP contribution in [-0.2, 0) is 17.8 Å². The second-order valence-electron chi connectivity index (χ2n) is 7.93. The number of nitrogens with zero attached hydrogens (tertiary/aromatic N) is 6. The molecule has 0 N–H and O–H groups in total. The summed E-state index contributed by atoms with van der Waals surface area (Å²) in [5, 5.41) is 9.75. The zero-order valence-corrected chi connectivity index (χ0v) is 17.1. The highest BCUT2D eigenvalue weighted by molar-refractivity contribution is 6.31. The monoisotopic (exact) mass is 398 g/mol. The Kier molecular flexibility index (Phi) is 3.98. The lowest BCUT2D eigenvalue weighted by molar-refractivity contribution is -0.135. The van der Waals surface area contributed by atoms with Crippen LogP contribution in [0.1, 0.15) is 53.6 Å². The highest BCUT2D eigenvalue weighted by Crippen LogP contribution is 2.43. The van der Waals surface area contributed by atoms with Gasteiger partial charge >= 0.3 is 0 Å². The lowest BCUT2D eigenvalue weighted by atomic mass is 9.98. The van der Waals surface area contributed by atoms with Crippen molar-refractivity contribution in [1.82, 2.24) is 29.3 Å². The lowest BCUT2D eigenvalue weighted by Crippen LogP contribution is -2.43. The van der Waals surface area contributed by atoms with Crippen LogP contribution in [0.2, 0.25) is 5.02 Å². The van der Waals surface area contributed by atoms with Crippen LogP contribution in [0.5, 0.6) is 0 Å². The molecule has 1 amide bonds. The van der Waals surface area contributed by atoms with Crippen LogP contribution in [0, 0.1) is 20.8 Å². The van der Waals surface area contributed by atoms with Crippen LogP contribution in [0.15, 0.2) is 12.3 Å². The fourth-order valence-corrected chi connectivity index (χ4v) is 4.94. The summed E-state index contributed by atoms with van der Waals surface area (Å²) < 4.78 is 3.81. The van der Waals surface area contributed by atoms with Crippen molar-refractivity contribution in [3.63, 3.8) is 0 Å². The van der Waals surface area contributed by atoms with Gasteiger partial charge in [0, 0.05) is 36.7 Å². The summed E-state index contributed by atoms with van der Waals surface area (Å²) in [7, 11) is 0. The maximum absolute atomic E-state index is 13.1. The number of aromatic nitrogens is 5. The van der Waals surface area contributed by atoms with Gasteiger partial charge in [0.1, 0.15) is 0 Å². The van der Waals surface area contributed by atoms with Crippen LogP contribution in [0.25, 0.3) is 5.65 Å². The van der Waals surface area contributed by atoms with E-state index in [-0.39, 0.29) is 18.0 Å². The quantitative estimate of drug-likeness (QED) is 0.679. The fraction of sp³-hybridized carbons (Fsp3) is 0.500. The number of amides is 1. The number of aryl methyl sites for hydroxylation is 3. The van der Waals surface area contributed by atoms with E-state index in [2.05, 4.69) is 20.1 Å². The second kappa shape index (κ2) is 6.30. The highest BCUT2D eigenvalue weighted by Gasteiger charge is 2.43. The molecule has 0 spiro atoms. The molecule has 0 saturated carbocycles. The normalized spacial score (nSPS) is 20.8. The maximum Gasteiger partial charge on any atom is 0.225 e. The highest BCUT2D eigenvalue weighted by atomic mass is 35.5. The van der Waals surface area contributed by atoms with Crippen LogP contribution in [0.4, 0.5) is 0 Å². The van der Waals surface area contributed by atoms with E-state index in [0.717, 1.165) is 47.6 Å². The van der Waals surface area contributed by atoms with Crippen molar-refractivity contribution < 1.29 is 4.79 Å². The molecule has 3 aromatic rings. The minimum Gasteiger partial charge on any atom is -0.332 e. The molecule has 7 nitrogen and oxygen atoms in total. The summed E-state index contributed by atoms with van der Waals surface area (Å²) in [4.78, 5) is 19.8. The van der Waals surface area contributed by atoms with Crippen molar-refractivity contribution in [2.75, 3.05) is 0 Å². The van der Waals surface area contributed by atoms with E-state index in [0.29, 0.717) is 18.0 Å². The first-order valence-electron chi connectivity index (χ1n) is 9.79. The van der Waals surface area contributed by atoms with E-state index >= 15 is 0 Å². The molecule has 146 valence electrons. The minimum atomic E-state index is 0.103. The Balaban J connectivity index is 1.40. The van der Waals surface area contributed by atoms with E-state index in [9.17, 15) is 4.79 Å². The summed E-state index contributed by atoms with van der Waals surface area (Å²) in [6, 6.07) is 2.34. The molecule has 28 heavy (non-hydrogen) atoms. The van der Waals surface area contributed by atoms with Gasteiger partial charge in [-0.15, -0.1) is 0 Å². The first-order chi connectivity index (χ1) is 13.4. The van der Waals surface area contributed by atoms with E-state index in [1.165, 1.54) is 5.69 Å². The predicted octanol–water partition coefficient (Wildman–Crippen LogP) is 3.18. The molecule has 3 aromatic heterocycles. The lowest BCUT2D eigenvalue weighted by Gasteiger charge is -2.36. The summed E-state index contributed by atoms with van der Waals surface area (Å²) in [6.07, 6.45) is 5.22. The zero-order valence-electron chi connectivity index (χ0n) is 16.3. The molecular formula is C20H23ClN6O. The first-order valence-corrected chi connectivity index (χ1v) is 10.2. The third kappa shape index (κ3) is 2.56. The van der Waals surface area contributed by atoms with Crippen LogP contribution < -0.4 is 0 Å². The summed E-state index contributed by atoms with van der Waals surface area (Å²) >= 11 is 6.23. The fourth-order valence-electron chi connectivity index (χ4n) is 4.80. The zero-order chi connectivity index (χ0) is 19.6. The number of carbonyl (C=O) groups excluding carboxylic acids is 1. The van der Waals surface area contributed by atoms with Gasteiger partial charge in [-0.25, -0.2) is 9.50 Å². The van der Waals surface area contributed by atoms with Crippen molar-refractivity contribution in [2.45, 2.75) is 65.1 Å². The number of carbonyl (C=O) groups is 1. The molecule has 5 rings (SSSR count). The van der Waals surface area contributed by atoms with Gasteiger partial charge < -0.3 is 4.90 Å². The van der Waals surface area contributed by atoms with E-state index in [1.54, 1.807) is 0 Å². The number of fused-ring (bicyclic) bond motifs is 6. The van der Waals surface area contributed by atoms with Crippen LogP contribution in [-0.4, -0.2) is 41.2 Å². The molecule has 1 fully saturated rings. The molecule has 0 aliphatic carbocycles. The SMILES string of the molecule is Cc1cc2ncc3c(n2n1)CC1CCC3N1C(=O)CCn1nc(C)c(Cl)c1C. The van der Waals surface area contributed by atoms with Crippen molar-refractivity contribution in [3.05, 3.63) is 45.6 Å². The Morgan fingerprint density at radius 1 is 1.25 bits per heavy atom. The van der Waals surface area contributed by atoms with Crippen LogP contribution >= 0.6 is 11.6 Å². The van der Waals surface area contributed by atoms with Gasteiger partial charge in [0.25, 0.3) is 0 Å². The number of rotatable bonds is 3. The van der Waals surface area contributed by atoms with E-state index in [1.807, 2.05) is 42.2 Å². The van der Waals surface area contributed by atoms with Gasteiger partial charge in [-0.2, -0.15) is 10.2 Å². The van der Waals surface area contributed by atoms with E-state index in [4.69, 9.17) is 11.6 Å². The Labute approximate surface area is 168 Å². The summed E-state index contributed by atoms with van der Waals surface area (Å²) in [6.45, 7) is 6.37. The standard InChI is InChI=1S/C20H23ClN6O/c1-11-8-18-22-10-15-16-5-4-14(9-17(15)27(18)23-11)26(16)19(28)6-7-25-13(3)20(21)12(2)24-25/h8,10,14,16H,4-7,9H2,1-3H3. The number of halogens is 1. The maximum atomic E-state index is 13.1. The summed E-state index contributed by atoms with van der Waals surface area (Å²) in [5.41, 5.74) is 5.93. The molecule has 0 aromatic carbocycles.